The first kappa shape index (κ1) is 30.6. The fourth-order valence-corrected chi connectivity index (χ4v) is 4.91. The van der Waals surface area contributed by atoms with Crippen molar-refractivity contribution in [2.75, 3.05) is 6.61 Å². The highest BCUT2D eigenvalue weighted by Gasteiger charge is 2.34. The number of carbonyl (C=O) groups is 4. The maximum absolute atomic E-state index is 13.2. The lowest BCUT2D eigenvalue weighted by Gasteiger charge is -2.27. The van der Waals surface area contributed by atoms with E-state index in [0.717, 1.165) is 22.3 Å². The molecule has 216 valence electrons. The molecule has 0 heterocycles. The first-order valence-corrected chi connectivity index (χ1v) is 13.5. The molecule has 0 aromatic heterocycles. The smallest absolute Gasteiger partial charge is 0.407 e. The van der Waals surface area contributed by atoms with Crippen molar-refractivity contribution >= 4 is 23.9 Å². The zero-order valence-corrected chi connectivity index (χ0v) is 23.5. The van der Waals surface area contributed by atoms with Gasteiger partial charge in [-0.2, -0.15) is 0 Å². The van der Waals surface area contributed by atoms with Gasteiger partial charge in [0.15, 0.2) is 6.04 Å². The Morgan fingerprint density at radius 3 is 1.82 bits per heavy atom. The Balaban J connectivity index is 1.67. The van der Waals surface area contributed by atoms with Crippen LogP contribution in [0.3, 0.4) is 0 Å². The maximum atomic E-state index is 13.2. The fourth-order valence-electron chi connectivity index (χ4n) is 4.91. The molecule has 0 saturated heterocycles. The van der Waals surface area contributed by atoms with Gasteiger partial charge in [-0.25, -0.2) is 9.59 Å². The largest absolute Gasteiger partial charge is 0.480 e. The Hall–Kier alpha value is -3.92. The number of benzene rings is 2. The van der Waals surface area contributed by atoms with Gasteiger partial charge in [0, 0.05) is 5.92 Å². The summed E-state index contributed by atoms with van der Waals surface area (Å²) in [5.41, 5.74) is 4.33. The number of alkyl carbamates (subject to hydrolysis) is 1. The van der Waals surface area contributed by atoms with Crippen LogP contribution in [-0.2, 0) is 19.1 Å². The van der Waals surface area contributed by atoms with Crippen molar-refractivity contribution < 1.29 is 34.1 Å². The number of hydrogen-bond donors (Lipinski definition) is 5. The SMILES string of the molecule is CC(C)C[C@H](NC(=O)[C@@H](NC(=O)OCC1c2ccccc2-c2ccccc21)C(C)C)C(=O)N[C@H](C(=O)O)[C@@H](C)O. The molecule has 2 aromatic carbocycles. The van der Waals surface area contributed by atoms with E-state index in [1.54, 1.807) is 13.8 Å². The Morgan fingerprint density at radius 2 is 1.35 bits per heavy atom. The molecule has 0 bridgehead atoms. The molecule has 1 aliphatic carbocycles. The van der Waals surface area contributed by atoms with Crippen molar-refractivity contribution in [2.24, 2.45) is 11.8 Å². The topological polar surface area (TPSA) is 154 Å². The fraction of sp³-hybridized carbons (Fsp3) is 0.467. The van der Waals surface area contributed by atoms with E-state index in [1.165, 1.54) is 6.92 Å². The number of rotatable bonds is 12. The number of fused-ring (bicyclic) bond motifs is 3. The molecule has 4 atom stereocenters. The summed E-state index contributed by atoms with van der Waals surface area (Å²) < 4.78 is 5.59. The van der Waals surface area contributed by atoms with Crippen LogP contribution in [0.25, 0.3) is 11.1 Å². The Labute approximate surface area is 234 Å². The predicted molar refractivity (Wildman–Crippen MR) is 149 cm³/mol. The minimum absolute atomic E-state index is 0.0153. The van der Waals surface area contributed by atoms with Crippen LogP contribution in [0.2, 0.25) is 0 Å². The third kappa shape index (κ3) is 7.38. The molecule has 2 aromatic rings. The number of carboxylic acid groups (broad SMARTS) is 1. The van der Waals surface area contributed by atoms with Gasteiger partial charge in [0.1, 0.15) is 18.7 Å². The number of hydrogen-bond acceptors (Lipinski definition) is 6. The molecule has 0 radical (unpaired) electrons. The third-order valence-electron chi connectivity index (χ3n) is 6.95. The highest BCUT2D eigenvalue weighted by molar-refractivity contribution is 5.93. The van der Waals surface area contributed by atoms with Crippen molar-refractivity contribution in [1.29, 1.82) is 0 Å². The summed E-state index contributed by atoms with van der Waals surface area (Å²) in [4.78, 5) is 50.4. The maximum Gasteiger partial charge on any atom is 0.407 e. The lowest BCUT2D eigenvalue weighted by atomic mass is 9.98. The van der Waals surface area contributed by atoms with E-state index in [-0.39, 0.29) is 30.8 Å². The number of carbonyl (C=O) groups excluding carboxylic acids is 3. The van der Waals surface area contributed by atoms with Gasteiger partial charge >= 0.3 is 12.1 Å². The Bertz CT molecular complexity index is 1180. The number of aliphatic hydroxyl groups is 1. The standard InChI is InChI=1S/C30H39N3O7/c1-16(2)14-24(27(35)32-26(18(5)34)29(37)38)31-28(36)25(17(3)4)33-30(39)40-15-23-21-12-8-6-10-19(21)20-11-7-9-13-22(20)23/h6-13,16-18,23-26,34H,14-15H2,1-5H3,(H,31,36)(H,32,35)(H,33,39)(H,37,38)/t18-,24+,25+,26+/m1/s1. The van der Waals surface area contributed by atoms with Crippen molar-refractivity contribution in [3.63, 3.8) is 0 Å². The van der Waals surface area contributed by atoms with E-state index in [1.807, 2.05) is 62.4 Å². The second-order valence-corrected chi connectivity index (χ2v) is 10.9. The lowest BCUT2D eigenvalue weighted by Crippen LogP contribution is -2.58. The predicted octanol–water partition coefficient (Wildman–Crippen LogP) is 3.03. The number of aliphatic carboxylic acids is 1. The average molecular weight is 554 g/mol. The van der Waals surface area contributed by atoms with E-state index in [2.05, 4.69) is 16.0 Å². The van der Waals surface area contributed by atoms with Crippen molar-refractivity contribution in [3.8, 4) is 11.1 Å². The summed E-state index contributed by atoms with van der Waals surface area (Å²) in [6.07, 6.45) is -1.88. The summed E-state index contributed by atoms with van der Waals surface area (Å²) in [6, 6.07) is 12.3. The second kappa shape index (κ2) is 13.4. The molecule has 40 heavy (non-hydrogen) atoms. The van der Waals surface area contributed by atoms with Crippen LogP contribution in [0.4, 0.5) is 4.79 Å². The van der Waals surface area contributed by atoms with Crippen molar-refractivity contribution in [1.82, 2.24) is 16.0 Å². The molecule has 10 nitrogen and oxygen atoms in total. The quantitative estimate of drug-likeness (QED) is 0.271. The number of ether oxygens (including phenoxy) is 1. The molecule has 1 aliphatic rings. The molecular weight excluding hydrogens is 514 g/mol. The zero-order valence-electron chi connectivity index (χ0n) is 23.5. The molecule has 0 unspecified atom stereocenters. The third-order valence-corrected chi connectivity index (χ3v) is 6.95. The first-order valence-electron chi connectivity index (χ1n) is 13.5. The summed E-state index contributed by atoms with van der Waals surface area (Å²) in [5.74, 6) is -3.23. The Morgan fingerprint density at radius 1 is 0.800 bits per heavy atom. The Kier molecular flexibility index (Phi) is 10.3. The van der Waals surface area contributed by atoms with Crippen molar-refractivity contribution in [2.45, 2.75) is 71.2 Å². The van der Waals surface area contributed by atoms with Crippen molar-refractivity contribution in [3.05, 3.63) is 59.7 Å². The summed E-state index contributed by atoms with van der Waals surface area (Å²) in [7, 11) is 0. The molecular formula is C30H39N3O7. The molecule has 3 rings (SSSR count). The molecule has 5 N–H and O–H groups in total. The van der Waals surface area contributed by atoms with E-state index >= 15 is 0 Å². The average Bonchev–Trinajstić information content (AvgIpc) is 3.21. The monoisotopic (exact) mass is 553 g/mol. The number of aliphatic hydroxyl groups excluding tert-OH is 1. The highest BCUT2D eigenvalue weighted by Crippen LogP contribution is 2.44. The molecule has 0 saturated carbocycles. The van der Waals surface area contributed by atoms with E-state index < -0.39 is 48.1 Å². The van der Waals surface area contributed by atoms with E-state index in [9.17, 15) is 29.4 Å². The second-order valence-electron chi connectivity index (χ2n) is 10.9. The van der Waals surface area contributed by atoms with Gasteiger partial charge in [0.2, 0.25) is 11.8 Å². The summed E-state index contributed by atoms with van der Waals surface area (Å²) >= 11 is 0. The van der Waals surface area contributed by atoms with Crippen LogP contribution in [0.5, 0.6) is 0 Å². The molecule has 0 aliphatic heterocycles. The number of amides is 3. The first-order chi connectivity index (χ1) is 18.9. The zero-order chi connectivity index (χ0) is 29.6. The van der Waals surface area contributed by atoms with Gasteiger partial charge in [-0.1, -0.05) is 76.2 Å². The highest BCUT2D eigenvalue weighted by atomic mass is 16.5. The van der Waals surface area contributed by atoms with Crippen LogP contribution in [0.1, 0.15) is 58.1 Å². The summed E-state index contributed by atoms with van der Waals surface area (Å²) in [6.45, 7) is 8.54. The summed E-state index contributed by atoms with van der Waals surface area (Å²) in [5, 5.41) is 26.6. The lowest BCUT2D eigenvalue weighted by molar-refractivity contribution is -0.145. The normalized spacial score (nSPS) is 15.4. The van der Waals surface area contributed by atoms with Crippen LogP contribution >= 0.6 is 0 Å². The minimum atomic E-state index is -1.53. The van der Waals surface area contributed by atoms with Gasteiger partial charge in [-0.05, 0) is 47.4 Å². The van der Waals surface area contributed by atoms with Crippen LogP contribution in [0.15, 0.2) is 48.5 Å². The molecule has 0 fully saturated rings. The van der Waals surface area contributed by atoms with Gasteiger partial charge < -0.3 is 30.9 Å². The molecule has 10 heteroatoms. The van der Waals surface area contributed by atoms with Gasteiger partial charge in [0.05, 0.1) is 6.10 Å². The van der Waals surface area contributed by atoms with Gasteiger partial charge in [-0.15, -0.1) is 0 Å². The van der Waals surface area contributed by atoms with E-state index in [4.69, 9.17) is 4.74 Å². The minimum Gasteiger partial charge on any atom is -0.480 e. The van der Waals surface area contributed by atoms with Crippen LogP contribution in [0, 0.1) is 11.8 Å². The number of nitrogens with one attached hydrogen (secondary N) is 3. The van der Waals surface area contributed by atoms with Gasteiger partial charge in [0.25, 0.3) is 0 Å². The van der Waals surface area contributed by atoms with E-state index in [0.29, 0.717) is 0 Å². The molecule has 0 spiro atoms. The number of carboxylic acids is 1. The van der Waals surface area contributed by atoms with Crippen LogP contribution in [-0.4, -0.2) is 64.9 Å². The van der Waals surface area contributed by atoms with Gasteiger partial charge in [-0.3, -0.25) is 9.59 Å². The van der Waals surface area contributed by atoms with Crippen LogP contribution < -0.4 is 16.0 Å². The molecule has 3 amide bonds.